The van der Waals surface area contributed by atoms with Crippen molar-refractivity contribution in [2.45, 2.75) is 33.2 Å². The van der Waals surface area contributed by atoms with Crippen LogP contribution in [0.2, 0.25) is 0 Å². The maximum atomic E-state index is 11.2. The van der Waals surface area contributed by atoms with Crippen molar-refractivity contribution in [2.75, 3.05) is 5.32 Å². The van der Waals surface area contributed by atoms with Crippen molar-refractivity contribution in [1.82, 2.24) is 15.0 Å². The SMILES string of the molecule is CCCc1cc(C(=O)O)cc(NCc2ccnc(C)n2)n1. The number of anilines is 1. The van der Waals surface area contributed by atoms with Crippen molar-refractivity contribution in [3.63, 3.8) is 0 Å². The second kappa shape index (κ2) is 6.78. The van der Waals surface area contributed by atoms with Crippen LogP contribution in [0.5, 0.6) is 0 Å². The molecule has 2 aromatic heterocycles. The highest BCUT2D eigenvalue weighted by Gasteiger charge is 2.08. The lowest BCUT2D eigenvalue weighted by Crippen LogP contribution is -2.08. The smallest absolute Gasteiger partial charge is 0.335 e. The molecule has 6 heteroatoms. The number of carboxylic acid groups (broad SMARTS) is 1. The summed E-state index contributed by atoms with van der Waals surface area (Å²) < 4.78 is 0. The first kappa shape index (κ1) is 14.9. The number of carboxylic acids is 1. The Morgan fingerprint density at radius 3 is 2.76 bits per heavy atom. The van der Waals surface area contributed by atoms with Crippen LogP contribution in [0.15, 0.2) is 24.4 Å². The minimum atomic E-state index is -0.948. The van der Waals surface area contributed by atoms with E-state index in [-0.39, 0.29) is 5.56 Å². The van der Waals surface area contributed by atoms with Crippen LogP contribution in [-0.2, 0) is 13.0 Å². The molecule has 21 heavy (non-hydrogen) atoms. The molecule has 0 amide bonds. The minimum Gasteiger partial charge on any atom is -0.478 e. The van der Waals surface area contributed by atoms with Gasteiger partial charge in [0.1, 0.15) is 11.6 Å². The zero-order valence-electron chi connectivity index (χ0n) is 12.1. The molecule has 0 saturated heterocycles. The number of carbonyl (C=O) groups is 1. The first-order valence-corrected chi connectivity index (χ1v) is 6.85. The van der Waals surface area contributed by atoms with E-state index in [2.05, 4.69) is 20.3 Å². The quantitative estimate of drug-likeness (QED) is 0.848. The van der Waals surface area contributed by atoms with Crippen molar-refractivity contribution in [1.29, 1.82) is 0 Å². The number of hydrogen-bond donors (Lipinski definition) is 2. The van der Waals surface area contributed by atoms with Crippen LogP contribution < -0.4 is 5.32 Å². The maximum absolute atomic E-state index is 11.2. The molecule has 0 aliphatic heterocycles. The molecule has 0 aliphatic rings. The monoisotopic (exact) mass is 286 g/mol. The van der Waals surface area contributed by atoms with Crippen molar-refractivity contribution in [3.05, 3.63) is 47.2 Å². The van der Waals surface area contributed by atoms with Gasteiger partial charge in [-0.05, 0) is 31.5 Å². The summed E-state index contributed by atoms with van der Waals surface area (Å²) in [5.74, 6) is 0.304. The predicted octanol–water partition coefficient (Wildman–Crippen LogP) is 2.44. The van der Waals surface area contributed by atoms with Crippen molar-refractivity contribution in [2.24, 2.45) is 0 Å². The summed E-state index contributed by atoms with van der Waals surface area (Å²) in [6.45, 7) is 4.34. The minimum absolute atomic E-state index is 0.245. The number of aromatic carboxylic acids is 1. The molecular weight excluding hydrogens is 268 g/mol. The van der Waals surface area contributed by atoms with E-state index in [9.17, 15) is 4.79 Å². The van der Waals surface area contributed by atoms with Gasteiger partial charge in [0.15, 0.2) is 0 Å². The van der Waals surface area contributed by atoms with Gasteiger partial charge in [0.05, 0.1) is 17.8 Å². The lowest BCUT2D eigenvalue weighted by atomic mass is 10.1. The molecule has 0 radical (unpaired) electrons. The van der Waals surface area contributed by atoms with Crippen LogP contribution in [0.1, 0.15) is 40.9 Å². The zero-order valence-corrected chi connectivity index (χ0v) is 12.1. The first-order valence-electron chi connectivity index (χ1n) is 6.85. The molecule has 0 aliphatic carbocycles. The van der Waals surface area contributed by atoms with Gasteiger partial charge in [0.25, 0.3) is 0 Å². The third-order valence-corrected chi connectivity index (χ3v) is 2.92. The van der Waals surface area contributed by atoms with E-state index >= 15 is 0 Å². The van der Waals surface area contributed by atoms with Crippen LogP contribution in [0.4, 0.5) is 5.82 Å². The summed E-state index contributed by atoms with van der Waals surface area (Å²) >= 11 is 0. The largest absolute Gasteiger partial charge is 0.478 e. The second-order valence-corrected chi connectivity index (χ2v) is 4.74. The highest BCUT2D eigenvalue weighted by molar-refractivity contribution is 5.88. The second-order valence-electron chi connectivity index (χ2n) is 4.74. The Kier molecular flexibility index (Phi) is 4.81. The fourth-order valence-corrected chi connectivity index (χ4v) is 1.97. The highest BCUT2D eigenvalue weighted by Crippen LogP contribution is 2.13. The van der Waals surface area contributed by atoms with E-state index in [1.807, 2.05) is 19.9 Å². The first-order chi connectivity index (χ1) is 10.1. The lowest BCUT2D eigenvalue weighted by Gasteiger charge is -2.09. The number of nitrogens with one attached hydrogen (secondary N) is 1. The average molecular weight is 286 g/mol. The summed E-state index contributed by atoms with van der Waals surface area (Å²) in [5.41, 5.74) is 1.86. The Labute approximate surface area is 123 Å². The predicted molar refractivity (Wildman–Crippen MR) is 79.3 cm³/mol. The lowest BCUT2D eigenvalue weighted by molar-refractivity contribution is 0.0696. The summed E-state index contributed by atoms with van der Waals surface area (Å²) in [6.07, 6.45) is 3.37. The van der Waals surface area contributed by atoms with Crippen LogP contribution in [0.3, 0.4) is 0 Å². The maximum Gasteiger partial charge on any atom is 0.335 e. The topological polar surface area (TPSA) is 88.0 Å². The molecule has 0 unspecified atom stereocenters. The molecule has 2 rings (SSSR count). The Morgan fingerprint density at radius 2 is 2.10 bits per heavy atom. The van der Waals surface area contributed by atoms with Crippen LogP contribution >= 0.6 is 0 Å². The molecule has 0 atom stereocenters. The molecule has 0 aromatic carbocycles. The van der Waals surface area contributed by atoms with Gasteiger partial charge in [0, 0.05) is 11.9 Å². The number of aryl methyl sites for hydroxylation is 2. The van der Waals surface area contributed by atoms with Gasteiger partial charge in [-0.15, -0.1) is 0 Å². The van der Waals surface area contributed by atoms with Gasteiger partial charge in [-0.1, -0.05) is 13.3 Å². The van der Waals surface area contributed by atoms with Crippen LogP contribution in [0.25, 0.3) is 0 Å². The number of aromatic nitrogens is 3. The highest BCUT2D eigenvalue weighted by atomic mass is 16.4. The molecule has 0 fully saturated rings. The van der Waals surface area contributed by atoms with Crippen molar-refractivity contribution < 1.29 is 9.90 Å². The summed E-state index contributed by atoms with van der Waals surface area (Å²) in [6, 6.07) is 4.97. The number of pyridine rings is 1. The van der Waals surface area contributed by atoms with E-state index in [4.69, 9.17) is 5.11 Å². The molecule has 0 saturated carbocycles. The third-order valence-electron chi connectivity index (χ3n) is 2.92. The normalized spacial score (nSPS) is 10.4. The van der Waals surface area contributed by atoms with Crippen molar-refractivity contribution in [3.8, 4) is 0 Å². The molecule has 0 spiro atoms. The Morgan fingerprint density at radius 1 is 1.29 bits per heavy atom. The molecule has 0 bridgehead atoms. The number of nitrogens with zero attached hydrogens (tertiary/aromatic N) is 3. The average Bonchev–Trinajstić information content (AvgIpc) is 2.45. The molecule has 6 nitrogen and oxygen atoms in total. The number of rotatable bonds is 6. The summed E-state index contributed by atoms with van der Waals surface area (Å²) in [7, 11) is 0. The van der Waals surface area contributed by atoms with Gasteiger partial charge >= 0.3 is 5.97 Å². The molecule has 110 valence electrons. The van der Waals surface area contributed by atoms with Gasteiger partial charge in [0.2, 0.25) is 0 Å². The molecule has 2 heterocycles. The van der Waals surface area contributed by atoms with E-state index in [0.29, 0.717) is 18.2 Å². The zero-order chi connectivity index (χ0) is 15.2. The van der Waals surface area contributed by atoms with Gasteiger partial charge in [-0.2, -0.15) is 0 Å². The van der Waals surface area contributed by atoms with Gasteiger partial charge in [-0.25, -0.2) is 19.7 Å². The number of hydrogen-bond acceptors (Lipinski definition) is 5. The molecule has 2 N–H and O–H groups in total. The fourth-order valence-electron chi connectivity index (χ4n) is 1.97. The van der Waals surface area contributed by atoms with Crippen LogP contribution in [-0.4, -0.2) is 26.0 Å². The standard InChI is InChI=1S/C15H18N4O2/c1-3-4-12-7-11(15(20)21)8-14(19-12)17-9-13-5-6-16-10(2)18-13/h5-8H,3-4,9H2,1-2H3,(H,17,19)(H,20,21). The van der Waals surface area contributed by atoms with E-state index in [0.717, 1.165) is 24.2 Å². The van der Waals surface area contributed by atoms with Gasteiger partial charge < -0.3 is 10.4 Å². The molecule has 2 aromatic rings. The third kappa shape index (κ3) is 4.24. The van der Waals surface area contributed by atoms with Crippen molar-refractivity contribution >= 4 is 11.8 Å². The Bertz CT molecular complexity index is 643. The fraction of sp³-hybridized carbons (Fsp3) is 0.333. The van der Waals surface area contributed by atoms with E-state index in [1.54, 1.807) is 12.3 Å². The molecular formula is C15H18N4O2. The van der Waals surface area contributed by atoms with E-state index < -0.39 is 5.97 Å². The summed E-state index contributed by atoms with van der Waals surface area (Å²) in [5, 5.41) is 12.3. The van der Waals surface area contributed by atoms with E-state index in [1.165, 1.54) is 6.07 Å². The van der Waals surface area contributed by atoms with Gasteiger partial charge in [-0.3, -0.25) is 0 Å². The Hall–Kier alpha value is -2.50. The Balaban J connectivity index is 2.16. The summed E-state index contributed by atoms with van der Waals surface area (Å²) in [4.78, 5) is 23.9. The van der Waals surface area contributed by atoms with Crippen LogP contribution in [0, 0.1) is 6.92 Å².